The van der Waals surface area contributed by atoms with E-state index in [0.717, 1.165) is 31.8 Å². The number of ether oxygens (including phenoxy) is 2. The van der Waals surface area contributed by atoms with Crippen molar-refractivity contribution < 1.29 is 19.4 Å². The molecule has 0 heterocycles. The summed E-state index contributed by atoms with van der Waals surface area (Å²) < 4.78 is 10.2. The van der Waals surface area contributed by atoms with Crippen molar-refractivity contribution in [1.29, 1.82) is 0 Å². The molecule has 1 saturated carbocycles. The van der Waals surface area contributed by atoms with Crippen LogP contribution in [0.3, 0.4) is 0 Å². The third kappa shape index (κ3) is 4.44. The van der Waals surface area contributed by atoms with Crippen molar-refractivity contribution in [3.63, 3.8) is 0 Å². The van der Waals surface area contributed by atoms with E-state index >= 15 is 0 Å². The highest BCUT2D eigenvalue weighted by Gasteiger charge is 2.23. The Morgan fingerprint density at radius 3 is 2.80 bits per heavy atom. The lowest BCUT2D eigenvalue weighted by Crippen LogP contribution is -2.33. The molecule has 0 aromatic rings. The first-order chi connectivity index (χ1) is 7.24. The van der Waals surface area contributed by atoms with Crippen LogP contribution in [0.4, 0.5) is 0 Å². The summed E-state index contributed by atoms with van der Waals surface area (Å²) in [5, 5.41) is 9.57. The Hall–Kier alpha value is -0.870. The van der Waals surface area contributed by atoms with Crippen LogP contribution in [0, 0.1) is 0 Å². The van der Waals surface area contributed by atoms with Crippen LogP contribution in [0.5, 0.6) is 0 Å². The summed E-state index contributed by atoms with van der Waals surface area (Å²) >= 11 is 0. The van der Waals surface area contributed by atoms with Crippen molar-refractivity contribution in [1.82, 2.24) is 0 Å². The van der Waals surface area contributed by atoms with Gasteiger partial charge in [0.1, 0.15) is 6.61 Å². The SMILES string of the molecule is C=CC(=O)OCCOC1CCCCC1O. The normalized spacial score (nSPS) is 25.9. The number of hydrogen-bond acceptors (Lipinski definition) is 4. The summed E-state index contributed by atoms with van der Waals surface area (Å²) in [5.74, 6) is -0.442. The number of rotatable bonds is 5. The van der Waals surface area contributed by atoms with Gasteiger partial charge in [-0.05, 0) is 12.8 Å². The lowest BCUT2D eigenvalue weighted by atomic mass is 9.95. The van der Waals surface area contributed by atoms with Crippen LogP contribution in [-0.4, -0.2) is 36.5 Å². The van der Waals surface area contributed by atoms with Crippen LogP contribution in [-0.2, 0) is 14.3 Å². The molecule has 1 aliphatic carbocycles. The second-order valence-electron chi connectivity index (χ2n) is 3.63. The molecule has 0 aromatic heterocycles. The molecule has 0 saturated heterocycles. The van der Waals surface area contributed by atoms with E-state index in [1.807, 2.05) is 0 Å². The zero-order valence-electron chi connectivity index (χ0n) is 8.85. The van der Waals surface area contributed by atoms with E-state index in [1.165, 1.54) is 0 Å². The van der Waals surface area contributed by atoms with E-state index in [-0.39, 0.29) is 18.8 Å². The summed E-state index contributed by atoms with van der Waals surface area (Å²) in [5.41, 5.74) is 0. The quantitative estimate of drug-likeness (QED) is 0.422. The molecule has 0 aromatic carbocycles. The van der Waals surface area contributed by atoms with Crippen LogP contribution in [0.25, 0.3) is 0 Å². The number of aliphatic hydroxyl groups excluding tert-OH is 1. The number of hydrogen-bond donors (Lipinski definition) is 1. The summed E-state index contributed by atoms with van der Waals surface area (Å²) in [6.07, 6.45) is 4.50. The Morgan fingerprint density at radius 2 is 2.13 bits per heavy atom. The molecule has 86 valence electrons. The zero-order chi connectivity index (χ0) is 11.1. The minimum Gasteiger partial charge on any atom is -0.460 e. The fourth-order valence-corrected chi connectivity index (χ4v) is 1.67. The Bertz CT molecular complexity index is 215. The molecular weight excluding hydrogens is 196 g/mol. The minimum atomic E-state index is -0.442. The Labute approximate surface area is 89.9 Å². The second-order valence-corrected chi connectivity index (χ2v) is 3.63. The van der Waals surface area contributed by atoms with E-state index in [0.29, 0.717) is 6.61 Å². The third-order valence-corrected chi connectivity index (χ3v) is 2.49. The van der Waals surface area contributed by atoms with Gasteiger partial charge in [-0.15, -0.1) is 0 Å². The molecule has 2 atom stereocenters. The second kappa shape index (κ2) is 6.58. The molecule has 4 heteroatoms. The monoisotopic (exact) mass is 214 g/mol. The van der Waals surface area contributed by atoms with Gasteiger partial charge in [-0.1, -0.05) is 19.4 Å². The molecule has 4 nitrogen and oxygen atoms in total. The highest BCUT2D eigenvalue weighted by molar-refractivity contribution is 5.81. The molecule has 0 aliphatic heterocycles. The first-order valence-electron chi connectivity index (χ1n) is 5.33. The van der Waals surface area contributed by atoms with Gasteiger partial charge in [0.05, 0.1) is 18.8 Å². The first-order valence-corrected chi connectivity index (χ1v) is 5.33. The molecule has 2 unspecified atom stereocenters. The van der Waals surface area contributed by atoms with Gasteiger partial charge in [-0.25, -0.2) is 4.79 Å². The average molecular weight is 214 g/mol. The van der Waals surface area contributed by atoms with Gasteiger partial charge in [0.2, 0.25) is 0 Å². The molecule has 0 radical (unpaired) electrons. The molecule has 1 fully saturated rings. The maximum absolute atomic E-state index is 10.7. The molecule has 1 N–H and O–H groups in total. The highest BCUT2D eigenvalue weighted by atomic mass is 16.6. The van der Waals surface area contributed by atoms with E-state index in [1.54, 1.807) is 0 Å². The highest BCUT2D eigenvalue weighted by Crippen LogP contribution is 2.20. The van der Waals surface area contributed by atoms with Crippen molar-refractivity contribution in [2.75, 3.05) is 13.2 Å². The Kier molecular flexibility index (Phi) is 5.36. The van der Waals surface area contributed by atoms with Gasteiger partial charge in [0.25, 0.3) is 0 Å². The number of aliphatic hydroxyl groups is 1. The average Bonchev–Trinajstić information content (AvgIpc) is 2.26. The smallest absolute Gasteiger partial charge is 0.330 e. The van der Waals surface area contributed by atoms with Crippen molar-refractivity contribution in [3.05, 3.63) is 12.7 Å². The number of esters is 1. The van der Waals surface area contributed by atoms with Crippen molar-refractivity contribution in [2.24, 2.45) is 0 Å². The topological polar surface area (TPSA) is 55.8 Å². The maximum atomic E-state index is 10.7. The molecular formula is C11H18O4. The molecule has 1 aliphatic rings. The lowest BCUT2D eigenvalue weighted by Gasteiger charge is -2.27. The van der Waals surface area contributed by atoms with Crippen LogP contribution in [0.2, 0.25) is 0 Å². The summed E-state index contributed by atoms with van der Waals surface area (Å²) in [7, 11) is 0. The summed E-state index contributed by atoms with van der Waals surface area (Å²) in [4.78, 5) is 10.7. The lowest BCUT2D eigenvalue weighted by molar-refractivity contribution is -0.141. The van der Waals surface area contributed by atoms with Crippen LogP contribution < -0.4 is 0 Å². The van der Waals surface area contributed by atoms with E-state index < -0.39 is 5.97 Å². The largest absolute Gasteiger partial charge is 0.460 e. The fourth-order valence-electron chi connectivity index (χ4n) is 1.67. The van der Waals surface area contributed by atoms with Crippen molar-refractivity contribution in [2.45, 2.75) is 37.9 Å². The van der Waals surface area contributed by atoms with Crippen LogP contribution in [0.15, 0.2) is 12.7 Å². The van der Waals surface area contributed by atoms with Crippen molar-refractivity contribution in [3.8, 4) is 0 Å². The predicted molar refractivity (Wildman–Crippen MR) is 55.4 cm³/mol. The molecule has 1 rings (SSSR count). The zero-order valence-corrected chi connectivity index (χ0v) is 8.85. The van der Waals surface area contributed by atoms with Gasteiger partial charge in [0.15, 0.2) is 0 Å². The van der Waals surface area contributed by atoms with Gasteiger partial charge in [-0.2, -0.15) is 0 Å². The van der Waals surface area contributed by atoms with Gasteiger partial charge in [-0.3, -0.25) is 0 Å². The summed E-state index contributed by atoms with van der Waals surface area (Å²) in [6, 6.07) is 0. The Balaban J connectivity index is 2.08. The van der Waals surface area contributed by atoms with Gasteiger partial charge >= 0.3 is 5.97 Å². The molecule has 15 heavy (non-hydrogen) atoms. The van der Waals surface area contributed by atoms with E-state index in [2.05, 4.69) is 6.58 Å². The fraction of sp³-hybridized carbons (Fsp3) is 0.727. The maximum Gasteiger partial charge on any atom is 0.330 e. The van der Waals surface area contributed by atoms with Crippen LogP contribution in [0.1, 0.15) is 25.7 Å². The molecule has 0 spiro atoms. The predicted octanol–water partition coefficient (Wildman–Crippen LogP) is 1.04. The Morgan fingerprint density at radius 1 is 1.40 bits per heavy atom. The first kappa shape index (κ1) is 12.2. The standard InChI is InChI=1S/C11H18O4/c1-2-11(13)15-8-7-14-10-6-4-3-5-9(10)12/h2,9-10,12H,1,3-8H2. The number of carbonyl (C=O) groups is 1. The van der Waals surface area contributed by atoms with E-state index in [9.17, 15) is 9.90 Å². The third-order valence-electron chi connectivity index (χ3n) is 2.49. The minimum absolute atomic E-state index is 0.0961. The molecule has 0 amide bonds. The molecule has 0 bridgehead atoms. The van der Waals surface area contributed by atoms with Crippen LogP contribution >= 0.6 is 0 Å². The summed E-state index contributed by atoms with van der Waals surface area (Å²) in [6.45, 7) is 3.84. The van der Waals surface area contributed by atoms with E-state index in [4.69, 9.17) is 9.47 Å². The number of carbonyl (C=O) groups excluding carboxylic acids is 1. The van der Waals surface area contributed by atoms with Gasteiger partial charge in [0, 0.05) is 6.08 Å². The van der Waals surface area contributed by atoms with Gasteiger partial charge < -0.3 is 14.6 Å². The van der Waals surface area contributed by atoms with Crippen molar-refractivity contribution >= 4 is 5.97 Å².